The lowest BCUT2D eigenvalue weighted by atomic mass is 10.1. The minimum Gasteiger partial charge on any atom is -0.380 e. The second kappa shape index (κ2) is 9.12. The normalized spacial score (nSPS) is 18.7. The zero-order valence-corrected chi connectivity index (χ0v) is 16.4. The molecule has 0 spiro atoms. The first-order chi connectivity index (χ1) is 13.1. The van der Waals surface area contributed by atoms with Gasteiger partial charge < -0.3 is 15.4 Å². The number of rotatable bonds is 6. The molecule has 7 heteroatoms. The minimum absolute atomic E-state index is 0.0397. The van der Waals surface area contributed by atoms with Gasteiger partial charge in [-0.2, -0.15) is 0 Å². The van der Waals surface area contributed by atoms with Crippen molar-refractivity contribution in [2.24, 2.45) is 0 Å². The van der Waals surface area contributed by atoms with Gasteiger partial charge in [0.15, 0.2) is 0 Å². The number of thiophene rings is 1. The van der Waals surface area contributed by atoms with Crippen molar-refractivity contribution >= 4 is 34.5 Å². The number of piperidine rings is 1. The number of anilines is 2. The van der Waals surface area contributed by atoms with E-state index >= 15 is 0 Å². The Labute approximate surface area is 163 Å². The maximum Gasteiger partial charge on any atom is 0.265 e. The first-order valence-electron chi connectivity index (χ1n) is 9.09. The zero-order valence-electron chi connectivity index (χ0n) is 15.6. The van der Waals surface area contributed by atoms with Gasteiger partial charge in [0.1, 0.15) is 0 Å². The molecule has 2 heterocycles. The van der Waals surface area contributed by atoms with Gasteiger partial charge in [0.05, 0.1) is 17.0 Å². The summed E-state index contributed by atoms with van der Waals surface area (Å²) in [5, 5.41) is 7.66. The Kier molecular flexibility index (Phi) is 6.60. The highest BCUT2D eigenvalue weighted by atomic mass is 32.1. The largest absolute Gasteiger partial charge is 0.380 e. The summed E-state index contributed by atoms with van der Waals surface area (Å²) in [6.45, 7) is 3.60. The van der Waals surface area contributed by atoms with Crippen LogP contribution < -0.4 is 10.6 Å². The quantitative estimate of drug-likeness (QED) is 0.797. The van der Waals surface area contributed by atoms with Crippen LogP contribution in [0.2, 0.25) is 0 Å². The van der Waals surface area contributed by atoms with Gasteiger partial charge in [-0.1, -0.05) is 6.07 Å². The lowest BCUT2D eigenvalue weighted by Crippen LogP contribution is -2.48. The van der Waals surface area contributed by atoms with Gasteiger partial charge >= 0.3 is 0 Å². The molecular weight excluding hydrogens is 362 g/mol. The molecule has 0 bridgehead atoms. The van der Waals surface area contributed by atoms with Crippen molar-refractivity contribution in [3.05, 3.63) is 46.7 Å². The van der Waals surface area contributed by atoms with Crippen molar-refractivity contribution in [2.45, 2.75) is 31.9 Å². The van der Waals surface area contributed by atoms with Gasteiger partial charge in [0.25, 0.3) is 5.91 Å². The smallest absolute Gasteiger partial charge is 0.265 e. The second-order valence-corrected chi connectivity index (χ2v) is 7.62. The highest BCUT2D eigenvalue weighted by molar-refractivity contribution is 7.12. The molecule has 1 aliphatic heterocycles. The fourth-order valence-corrected chi connectivity index (χ4v) is 3.78. The summed E-state index contributed by atoms with van der Waals surface area (Å²) in [6, 6.07) is 10.6. The third kappa shape index (κ3) is 5.15. The van der Waals surface area contributed by atoms with E-state index in [2.05, 4.69) is 15.5 Å². The van der Waals surface area contributed by atoms with E-state index in [-0.39, 0.29) is 24.0 Å². The molecule has 2 N–H and O–H groups in total. The van der Waals surface area contributed by atoms with Crippen LogP contribution in [0, 0.1) is 0 Å². The molecule has 1 aromatic heterocycles. The maximum absolute atomic E-state index is 12.6. The number of hydrogen-bond donors (Lipinski definition) is 2. The molecule has 2 amide bonds. The summed E-state index contributed by atoms with van der Waals surface area (Å²) in [5.41, 5.74) is 1.40. The third-order valence-electron chi connectivity index (χ3n) is 4.83. The summed E-state index contributed by atoms with van der Waals surface area (Å²) in [5.74, 6) is -0.171. The number of carbonyl (C=O) groups excluding carboxylic acids is 2. The van der Waals surface area contributed by atoms with Crippen molar-refractivity contribution in [3.63, 3.8) is 0 Å². The molecule has 6 nitrogen and oxygen atoms in total. The number of ether oxygens (including phenoxy) is 1. The number of hydrogen-bond acceptors (Lipinski definition) is 5. The van der Waals surface area contributed by atoms with E-state index in [0.717, 1.165) is 25.9 Å². The number of nitrogens with one attached hydrogen (secondary N) is 2. The summed E-state index contributed by atoms with van der Waals surface area (Å²) in [7, 11) is 1.72. The molecule has 3 rings (SSSR count). The Bertz CT molecular complexity index is 761. The van der Waals surface area contributed by atoms with Crippen LogP contribution in [0.4, 0.5) is 11.4 Å². The van der Waals surface area contributed by atoms with Crippen molar-refractivity contribution in [2.75, 3.05) is 30.8 Å². The lowest BCUT2D eigenvalue weighted by Gasteiger charge is -2.35. The first-order valence-corrected chi connectivity index (χ1v) is 9.97. The standard InChI is InChI=1S/C20H25N3O3S/c1-14(23-11-3-5-17(13-23)26-2)19(24)21-15-7-9-16(10-8-15)22-20(25)18-6-4-12-27-18/h4,6-10,12,14,17H,3,5,11,13H2,1-2H3,(H,21,24)(H,22,25). The maximum atomic E-state index is 12.6. The van der Waals surface area contributed by atoms with Crippen LogP contribution in [0.15, 0.2) is 41.8 Å². The van der Waals surface area contributed by atoms with E-state index in [0.29, 0.717) is 16.3 Å². The molecule has 1 aliphatic rings. The van der Waals surface area contributed by atoms with Gasteiger partial charge in [0, 0.05) is 25.0 Å². The van der Waals surface area contributed by atoms with Crippen LogP contribution in [-0.4, -0.2) is 49.1 Å². The fourth-order valence-electron chi connectivity index (χ4n) is 3.16. The molecule has 2 unspecified atom stereocenters. The summed E-state index contributed by atoms with van der Waals surface area (Å²) in [6.07, 6.45) is 2.27. The number of methoxy groups -OCH3 is 1. The molecule has 144 valence electrons. The average Bonchev–Trinajstić information content (AvgIpc) is 3.24. The number of carbonyl (C=O) groups is 2. The predicted molar refractivity (Wildman–Crippen MR) is 108 cm³/mol. The highest BCUT2D eigenvalue weighted by Gasteiger charge is 2.27. The number of likely N-dealkylation sites (tertiary alicyclic amines) is 1. The van der Waals surface area contributed by atoms with Crippen LogP contribution in [0.1, 0.15) is 29.4 Å². The van der Waals surface area contributed by atoms with Crippen molar-refractivity contribution in [1.29, 1.82) is 0 Å². The summed E-state index contributed by atoms with van der Waals surface area (Å²) < 4.78 is 5.43. The van der Waals surface area contributed by atoms with Gasteiger partial charge in [-0.3, -0.25) is 14.5 Å². The SMILES string of the molecule is COC1CCCN(C(C)C(=O)Nc2ccc(NC(=O)c3cccs3)cc2)C1. The van der Waals surface area contributed by atoms with E-state index < -0.39 is 0 Å². The summed E-state index contributed by atoms with van der Waals surface area (Å²) >= 11 is 1.40. The molecule has 0 radical (unpaired) electrons. The Morgan fingerprint density at radius 3 is 2.52 bits per heavy atom. The van der Waals surface area contributed by atoms with E-state index in [9.17, 15) is 9.59 Å². The molecule has 1 saturated heterocycles. The van der Waals surface area contributed by atoms with Crippen molar-refractivity contribution in [1.82, 2.24) is 4.90 Å². The topological polar surface area (TPSA) is 70.7 Å². The van der Waals surface area contributed by atoms with Crippen LogP contribution in [0.25, 0.3) is 0 Å². The van der Waals surface area contributed by atoms with Crippen LogP contribution in [-0.2, 0) is 9.53 Å². The number of amides is 2. The molecule has 0 saturated carbocycles. The van der Waals surface area contributed by atoms with Gasteiger partial charge in [-0.05, 0) is 62.0 Å². The van der Waals surface area contributed by atoms with Crippen LogP contribution in [0.5, 0.6) is 0 Å². The van der Waals surface area contributed by atoms with E-state index in [1.54, 1.807) is 37.4 Å². The zero-order chi connectivity index (χ0) is 19.2. The first kappa shape index (κ1) is 19.5. The Hall–Kier alpha value is -2.22. The van der Waals surface area contributed by atoms with Gasteiger partial charge in [0.2, 0.25) is 5.91 Å². The lowest BCUT2D eigenvalue weighted by molar-refractivity contribution is -0.122. The Balaban J connectivity index is 1.54. The fraction of sp³-hybridized carbons (Fsp3) is 0.400. The number of benzene rings is 1. The predicted octanol–water partition coefficient (Wildman–Crippen LogP) is 3.44. The minimum atomic E-state index is -0.221. The molecule has 1 fully saturated rings. The monoisotopic (exact) mass is 387 g/mol. The molecule has 1 aromatic carbocycles. The second-order valence-electron chi connectivity index (χ2n) is 6.67. The van der Waals surface area contributed by atoms with E-state index in [1.807, 2.05) is 18.4 Å². The van der Waals surface area contributed by atoms with Crippen molar-refractivity contribution < 1.29 is 14.3 Å². The van der Waals surface area contributed by atoms with Gasteiger partial charge in [-0.15, -0.1) is 11.3 Å². The average molecular weight is 388 g/mol. The van der Waals surface area contributed by atoms with Crippen LogP contribution >= 0.6 is 11.3 Å². The molecule has 2 atom stereocenters. The molecule has 27 heavy (non-hydrogen) atoms. The molecular formula is C20H25N3O3S. The highest BCUT2D eigenvalue weighted by Crippen LogP contribution is 2.19. The van der Waals surface area contributed by atoms with E-state index in [1.165, 1.54) is 11.3 Å². The summed E-state index contributed by atoms with van der Waals surface area (Å²) in [4.78, 5) is 27.4. The van der Waals surface area contributed by atoms with E-state index in [4.69, 9.17) is 4.74 Å². The Morgan fingerprint density at radius 1 is 1.19 bits per heavy atom. The van der Waals surface area contributed by atoms with Crippen LogP contribution in [0.3, 0.4) is 0 Å². The Morgan fingerprint density at radius 2 is 1.89 bits per heavy atom. The van der Waals surface area contributed by atoms with Crippen molar-refractivity contribution in [3.8, 4) is 0 Å². The molecule has 0 aliphatic carbocycles. The third-order valence-corrected chi connectivity index (χ3v) is 5.69. The molecule has 2 aromatic rings. The number of nitrogens with zero attached hydrogens (tertiary/aromatic N) is 1. The van der Waals surface area contributed by atoms with Gasteiger partial charge in [-0.25, -0.2) is 0 Å².